The third kappa shape index (κ3) is 7.96. The molecule has 0 saturated heterocycles. The minimum absolute atomic E-state index is 0. The zero-order chi connectivity index (χ0) is 16.3. The first-order valence-corrected chi connectivity index (χ1v) is 8.49. The van der Waals surface area contributed by atoms with Gasteiger partial charge in [-0.05, 0) is 48.6 Å². The summed E-state index contributed by atoms with van der Waals surface area (Å²) in [6.45, 7) is 1.47. The van der Waals surface area contributed by atoms with E-state index in [9.17, 15) is 4.39 Å². The normalized spacial score (nSPS) is 10.8. The molecule has 1 heterocycles. The van der Waals surface area contributed by atoms with Crippen LogP contribution in [0, 0.1) is 5.82 Å². The summed E-state index contributed by atoms with van der Waals surface area (Å²) in [6, 6.07) is 12.4. The van der Waals surface area contributed by atoms with E-state index in [0.717, 1.165) is 35.3 Å². The molecular formula is C17H22FIN4S. The number of halogens is 2. The fourth-order valence-corrected chi connectivity index (χ4v) is 2.75. The highest BCUT2D eigenvalue weighted by Gasteiger charge is 1.99. The van der Waals surface area contributed by atoms with Crippen molar-refractivity contribution in [2.75, 3.05) is 19.3 Å². The standard InChI is InChI=1S/C17H21FN4S.HI/c1-19-17(22-13-15-5-2-3-10-20-15)21-11-4-12-23-16-8-6-14(18)7-9-16;/h2-3,5-10H,4,11-13H2,1H3,(H2,19,21,22);1H. The molecule has 0 radical (unpaired) electrons. The van der Waals surface area contributed by atoms with Gasteiger partial charge in [0.05, 0.1) is 12.2 Å². The number of rotatable bonds is 7. The van der Waals surface area contributed by atoms with E-state index in [1.54, 1.807) is 37.1 Å². The van der Waals surface area contributed by atoms with Crippen LogP contribution in [0.4, 0.5) is 4.39 Å². The SMILES string of the molecule is CN=C(NCCCSc1ccc(F)cc1)NCc1ccccn1.I. The second-order valence-corrected chi connectivity index (χ2v) is 6.00. The molecule has 2 rings (SSSR count). The van der Waals surface area contributed by atoms with Crippen LogP contribution in [0.15, 0.2) is 58.5 Å². The van der Waals surface area contributed by atoms with Crippen molar-refractivity contribution < 1.29 is 4.39 Å². The summed E-state index contributed by atoms with van der Waals surface area (Å²) in [6.07, 6.45) is 2.77. The smallest absolute Gasteiger partial charge is 0.191 e. The Morgan fingerprint density at radius 2 is 1.96 bits per heavy atom. The predicted molar refractivity (Wildman–Crippen MR) is 110 cm³/mol. The summed E-state index contributed by atoms with van der Waals surface area (Å²) in [5.41, 5.74) is 0.974. The van der Waals surface area contributed by atoms with Crippen molar-refractivity contribution in [2.45, 2.75) is 17.9 Å². The van der Waals surface area contributed by atoms with Crippen molar-refractivity contribution in [2.24, 2.45) is 4.99 Å². The van der Waals surface area contributed by atoms with E-state index in [2.05, 4.69) is 20.6 Å². The molecule has 1 aromatic carbocycles. The number of aliphatic imine (C=N–C) groups is 1. The van der Waals surface area contributed by atoms with Crippen LogP contribution >= 0.6 is 35.7 Å². The highest BCUT2D eigenvalue weighted by atomic mass is 127. The van der Waals surface area contributed by atoms with Crippen LogP contribution in [-0.2, 0) is 6.54 Å². The topological polar surface area (TPSA) is 49.3 Å². The second-order valence-electron chi connectivity index (χ2n) is 4.83. The van der Waals surface area contributed by atoms with Gasteiger partial charge in [-0.2, -0.15) is 0 Å². The lowest BCUT2D eigenvalue weighted by Gasteiger charge is -2.11. The molecule has 0 fully saturated rings. The number of guanidine groups is 1. The molecule has 7 heteroatoms. The van der Waals surface area contributed by atoms with Gasteiger partial charge in [0.2, 0.25) is 0 Å². The van der Waals surface area contributed by atoms with Gasteiger partial charge in [0.25, 0.3) is 0 Å². The van der Waals surface area contributed by atoms with Crippen molar-refractivity contribution in [1.29, 1.82) is 0 Å². The first-order chi connectivity index (χ1) is 11.3. The van der Waals surface area contributed by atoms with Crippen molar-refractivity contribution in [3.05, 3.63) is 60.2 Å². The molecule has 0 atom stereocenters. The summed E-state index contributed by atoms with van der Waals surface area (Å²) >= 11 is 1.72. The molecule has 24 heavy (non-hydrogen) atoms. The Bertz CT molecular complexity index is 608. The van der Waals surface area contributed by atoms with Crippen LogP contribution in [0.5, 0.6) is 0 Å². The van der Waals surface area contributed by atoms with Gasteiger partial charge in [0, 0.05) is 24.7 Å². The minimum atomic E-state index is -0.196. The predicted octanol–water partition coefficient (Wildman–Crippen LogP) is 3.69. The molecule has 0 unspecified atom stereocenters. The number of pyridine rings is 1. The molecule has 2 aromatic rings. The Labute approximate surface area is 163 Å². The Kier molecular flexibility index (Phi) is 10.4. The first kappa shape index (κ1) is 20.7. The van der Waals surface area contributed by atoms with Crippen molar-refractivity contribution >= 4 is 41.7 Å². The molecule has 2 N–H and O–H groups in total. The van der Waals surface area contributed by atoms with Gasteiger partial charge < -0.3 is 10.6 Å². The number of benzene rings is 1. The summed E-state index contributed by atoms with van der Waals surface area (Å²) in [7, 11) is 1.75. The molecule has 0 amide bonds. The lowest BCUT2D eigenvalue weighted by Crippen LogP contribution is -2.37. The van der Waals surface area contributed by atoms with E-state index in [1.165, 1.54) is 12.1 Å². The van der Waals surface area contributed by atoms with Gasteiger partial charge >= 0.3 is 0 Å². The van der Waals surface area contributed by atoms with Gasteiger partial charge in [-0.15, -0.1) is 35.7 Å². The van der Waals surface area contributed by atoms with Crippen LogP contribution < -0.4 is 10.6 Å². The van der Waals surface area contributed by atoms with Crippen LogP contribution in [0.3, 0.4) is 0 Å². The molecule has 0 aliphatic carbocycles. The number of aromatic nitrogens is 1. The molecule has 0 bridgehead atoms. The highest BCUT2D eigenvalue weighted by molar-refractivity contribution is 14.0. The fourth-order valence-electron chi connectivity index (χ4n) is 1.90. The average Bonchev–Trinajstić information content (AvgIpc) is 2.60. The lowest BCUT2D eigenvalue weighted by atomic mass is 10.3. The molecule has 0 aliphatic heterocycles. The first-order valence-electron chi connectivity index (χ1n) is 7.51. The summed E-state index contributed by atoms with van der Waals surface area (Å²) in [4.78, 5) is 9.53. The number of hydrogen-bond donors (Lipinski definition) is 2. The largest absolute Gasteiger partial charge is 0.356 e. The highest BCUT2D eigenvalue weighted by Crippen LogP contribution is 2.18. The Morgan fingerprint density at radius 3 is 2.62 bits per heavy atom. The minimum Gasteiger partial charge on any atom is -0.356 e. The van der Waals surface area contributed by atoms with E-state index >= 15 is 0 Å². The second kappa shape index (κ2) is 12.1. The van der Waals surface area contributed by atoms with Crippen molar-refractivity contribution in [1.82, 2.24) is 15.6 Å². The summed E-state index contributed by atoms with van der Waals surface area (Å²) in [5, 5.41) is 6.50. The zero-order valence-electron chi connectivity index (χ0n) is 13.5. The van der Waals surface area contributed by atoms with Crippen molar-refractivity contribution in [3.63, 3.8) is 0 Å². The summed E-state index contributed by atoms with van der Waals surface area (Å²) in [5.74, 6) is 1.54. The number of hydrogen-bond acceptors (Lipinski definition) is 3. The fraction of sp³-hybridized carbons (Fsp3) is 0.294. The Hall–Kier alpha value is -1.35. The van der Waals surface area contributed by atoms with Gasteiger partial charge in [-0.3, -0.25) is 9.98 Å². The molecule has 0 spiro atoms. The van der Waals surface area contributed by atoms with Crippen molar-refractivity contribution in [3.8, 4) is 0 Å². The van der Waals surface area contributed by atoms with E-state index in [-0.39, 0.29) is 29.8 Å². The van der Waals surface area contributed by atoms with Crippen LogP contribution in [0.2, 0.25) is 0 Å². The van der Waals surface area contributed by atoms with Crippen LogP contribution in [0.25, 0.3) is 0 Å². The zero-order valence-corrected chi connectivity index (χ0v) is 16.7. The number of nitrogens with zero attached hydrogens (tertiary/aromatic N) is 2. The number of nitrogens with one attached hydrogen (secondary N) is 2. The maximum Gasteiger partial charge on any atom is 0.191 e. The van der Waals surface area contributed by atoms with E-state index in [0.29, 0.717) is 6.54 Å². The van der Waals surface area contributed by atoms with Gasteiger partial charge in [-0.25, -0.2) is 4.39 Å². The van der Waals surface area contributed by atoms with Crippen LogP contribution in [-0.4, -0.2) is 30.3 Å². The van der Waals surface area contributed by atoms with Gasteiger partial charge in [0.15, 0.2) is 5.96 Å². The Morgan fingerprint density at radius 1 is 1.17 bits per heavy atom. The molecule has 1 aromatic heterocycles. The molecule has 4 nitrogen and oxygen atoms in total. The maximum absolute atomic E-state index is 12.8. The molecular weight excluding hydrogens is 438 g/mol. The Balaban J connectivity index is 0.00000288. The van der Waals surface area contributed by atoms with E-state index < -0.39 is 0 Å². The third-order valence-electron chi connectivity index (χ3n) is 3.08. The average molecular weight is 460 g/mol. The monoisotopic (exact) mass is 460 g/mol. The van der Waals surface area contributed by atoms with E-state index in [4.69, 9.17) is 0 Å². The summed E-state index contributed by atoms with van der Waals surface area (Å²) < 4.78 is 12.8. The quantitative estimate of drug-likeness (QED) is 0.218. The number of thioether (sulfide) groups is 1. The third-order valence-corrected chi connectivity index (χ3v) is 4.18. The van der Waals surface area contributed by atoms with Gasteiger partial charge in [0.1, 0.15) is 5.82 Å². The van der Waals surface area contributed by atoms with Crippen LogP contribution in [0.1, 0.15) is 12.1 Å². The molecule has 0 aliphatic rings. The lowest BCUT2D eigenvalue weighted by molar-refractivity contribution is 0.626. The molecule has 130 valence electrons. The van der Waals surface area contributed by atoms with E-state index in [1.807, 2.05) is 18.2 Å². The maximum atomic E-state index is 12.8. The van der Waals surface area contributed by atoms with Gasteiger partial charge in [-0.1, -0.05) is 6.07 Å². The molecule has 0 saturated carbocycles.